The molecule has 0 aliphatic heterocycles. The summed E-state index contributed by atoms with van der Waals surface area (Å²) in [6, 6.07) is 0. The third-order valence-electron chi connectivity index (χ3n) is 1.75. The SMILES string of the molecule is CC(CSc1nccnc1N)C(=O)NN. The van der Waals surface area contributed by atoms with E-state index in [9.17, 15) is 4.79 Å². The van der Waals surface area contributed by atoms with Gasteiger partial charge in [0.05, 0.1) is 0 Å². The summed E-state index contributed by atoms with van der Waals surface area (Å²) < 4.78 is 0. The minimum Gasteiger partial charge on any atom is -0.381 e. The van der Waals surface area contributed by atoms with Gasteiger partial charge in [0.1, 0.15) is 5.03 Å². The number of nitrogens with one attached hydrogen (secondary N) is 1. The number of amides is 1. The fourth-order valence-electron chi connectivity index (χ4n) is 0.869. The van der Waals surface area contributed by atoms with E-state index in [2.05, 4.69) is 15.4 Å². The predicted molar refractivity (Wildman–Crippen MR) is 58.7 cm³/mol. The second-order valence-corrected chi connectivity index (χ2v) is 3.98. The molecule has 0 aliphatic carbocycles. The molecule has 0 bridgehead atoms. The smallest absolute Gasteiger partial charge is 0.237 e. The molecule has 0 radical (unpaired) electrons. The van der Waals surface area contributed by atoms with E-state index in [1.807, 2.05) is 0 Å². The van der Waals surface area contributed by atoms with Gasteiger partial charge in [0.2, 0.25) is 5.91 Å². The van der Waals surface area contributed by atoms with Crippen molar-refractivity contribution >= 4 is 23.5 Å². The van der Waals surface area contributed by atoms with Gasteiger partial charge in [-0.25, -0.2) is 15.8 Å². The van der Waals surface area contributed by atoms with Gasteiger partial charge in [0, 0.05) is 24.1 Å². The van der Waals surface area contributed by atoms with E-state index in [0.717, 1.165) is 0 Å². The zero-order chi connectivity index (χ0) is 11.3. The van der Waals surface area contributed by atoms with Gasteiger partial charge in [0.25, 0.3) is 0 Å². The molecule has 5 N–H and O–H groups in total. The molecule has 1 amide bonds. The first-order chi connectivity index (χ1) is 7.15. The Labute approximate surface area is 91.8 Å². The molecular formula is C8H13N5OS. The standard InChI is InChI=1S/C8H13N5OS/c1-5(7(14)13-10)4-15-8-6(9)11-2-3-12-8/h2-3,5H,4,10H2,1H3,(H2,9,11)(H,13,14). The zero-order valence-electron chi connectivity index (χ0n) is 8.30. The number of anilines is 1. The van der Waals surface area contributed by atoms with E-state index >= 15 is 0 Å². The van der Waals surface area contributed by atoms with Crippen LogP contribution >= 0.6 is 11.8 Å². The largest absolute Gasteiger partial charge is 0.381 e. The van der Waals surface area contributed by atoms with Gasteiger partial charge in [-0.2, -0.15) is 0 Å². The van der Waals surface area contributed by atoms with Gasteiger partial charge in [-0.3, -0.25) is 10.2 Å². The van der Waals surface area contributed by atoms with Crippen LogP contribution in [0, 0.1) is 5.92 Å². The van der Waals surface area contributed by atoms with Crippen LogP contribution in [0.1, 0.15) is 6.92 Å². The van der Waals surface area contributed by atoms with Gasteiger partial charge in [-0.1, -0.05) is 6.92 Å². The molecule has 6 nitrogen and oxygen atoms in total. The van der Waals surface area contributed by atoms with E-state index in [1.54, 1.807) is 13.1 Å². The zero-order valence-corrected chi connectivity index (χ0v) is 9.12. The highest BCUT2D eigenvalue weighted by atomic mass is 32.2. The summed E-state index contributed by atoms with van der Waals surface area (Å²) in [7, 11) is 0. The van der Waals surface area contributed by atoms with Crippen LogP contribution in [-0.4, -0.2) is 21.6 Å². The Morgan fingerprint density at radius 2 is 2.27 bits per heavy atom. The monoisotopic (exact) mass is 227 g/mol. The topological polar surface area (TPSA) is 107 Å². The maximum atomic E-state index is 11.1. The van der Waals surface area contributed by atoms with Crippen molar-refractivity contribution in [2.24, 2.45) is 11.8 Å². The van der Waals surface area contributed by atoms with Crippen LogP contribution < -0.4 is 17.0 Å². The van der Waals surface area contributed by atoms with Crippen LogP contribution in [0.25, 0.3) is 0 Å². The molecule has 1 aromatic rings. The molecule has 0 aliphatic rings. The molecule has 1 rings (SSSR count). The summed E-state index contributed by atoms with van der Waals surface area (Å²) in [5.41, 5.74) is 7.69. The highest BCUT2D eigenvalue weighted by Crippen LogP contribution is 2.21. The van der Waals surface area contributed by atoms with E-state index in [4.69, 9.17) is 11.6 Å². The molecule has 1 aromatic heterocycles. The number of nitrogen functional groups attached to an aromatic ring is 1. The normalized spacial score (nSPS) is 12.1. The number of aromatic nitrogens is 2. The van der Waals surface area contributed by atoms with Crippen molar-refractivity contribution in [2.45, 2.75) is 11.9 Å². The predicted octanol–water partition coefficient (Wildman–Crippen LogP) is -0.223. The summed E-state index contributed by atoms with van der Waals surface area (Å²) in [4.78, 5) is 19.0. The first-order valence-corrected chi connectivity index (χ1v) is 5.33. The minimum atomic E-state index is -0.204. The highest BCUT2D eigenvalue weighted by molar-refractivity contribution is 7.99. The lowest BCUT2D eigenvalue weighted by molar-refractivity contribution is -0.123. The third kappa shape index (κ3) is 3.37. The first-order valence-electron chi connectivity index (χ1n) is 4.35. The molecule has 0 saturated heterocycles. The fraction of sp³-hybridized carbons (Fsp3) is 0.375. The molecule has 0 fully saturated rings. The number of hydrazine groups is 1. The molecule has 1 unspecified atom stereocenters. The molecular weight excluding hydrogens is 214 g/mol. The highest BCUT2D eigenvalue weighted by Gasteiger charge is 2.13. The summed E-state index contributed by atoms with van der Waals surface area (Å²) >= 11 is 1.38. The molecule has 1 heterocycles. The minimum absolute atomic E-state index is 0.193. The molecule has 15 heavy (non-hydrogen) atoms. The van der Waals surface area contributed by atoms with Gasteiger partial charge >= 0.3 is 0 Å². The lowest BCUT2D eigenvalue weighted by atomic mass is 10.2. The number of hydrogen-bond acceptors (Lipinski definition) is 6. The maximum Gasteiger partial charge on any atom is 0.237 e. The summed E-state index contributed by atoms with van der Waals surface area (Å²) in [6.45, 7) is 1.78. The Bertz CT molecular complexity index is 346. The molecule has 1 atom stereocenters. The van der Waals surface area contributed by atoms with E-state index in [0.29, 0.717) is 16.6 Å². The number of hydrogen-bond donors (Lipinski definition) is 3. The lowest BCUT2D eigenvalue weighted by Gasteiger charge is -2.08. The van der Waals surface area contributed by atoms with Crippen molar-refractivity contribution in [3.8, 4) is 0 Å². The van der Waals surface area contributed by atoms with Crippen molar-refractivity contribution in [1.82, 2.24) is 15.4 Å². The molecule has 0 saturated carbocycles. The Morgan fingerprint density at radius 3 is 2.87 bits per heavy atom. The molecule has 82 valence electrons. The molecule has 0 spiro atoms. The van der Waals surface area contributed by atoms with Crippen LogP contribution in [-0.2, 0) is 4.79 Å². The van der Waals surface area contributed by atoms with Crippen molar-refractivity contribution in [3.05, 3.63) is 12.4 Å². The van der Waals surface area contributed by atoms with Gasteiger partial charge in [-0.15, -0.1) is 11.8 Å². The van der Waals surface area contributed by atoms with E-state index in [-0.39, 0.29) is 11.8 Å². The average Bonchev–Trinajstić information content (AvgIpc) is 2.26. The van der Waals surface area contributed by atoms with Crippen molar-refractivity contribution in [1.29, 1.82) is 0 Å². The fourth-order valence-corrected chi connectivity index (χ4v) is 1.76. The van der Waals surface area contributed by atoms with Crippen molar-refractivity contribution in [3.63, 3.8) is 0 Å². The van der Waals surface area contributed by atoms with Gasteiger partial charge in [-0.05, 0) is 0 Å². The number of nitrogens with zero attached hydrogens (tertiary/aromatic N) is 2. The number of thioether (sulfide) groups is 1. The van der Waals surface area contributed by atoms with E-state index < -0.39 is 0 Å². The quantitative estimate of drug-likeness (QED) is 0.284. The van der Waals surface area contributed by atoms with Crippen molar-refractivity contribution in [2.75, 3.05) is 11.5 Å². The Balaban J connectivity index is 2.50. The molecule has 0 aromatic carbocycles. The summed E-state index contributed by atoms with van der Waals surface area (Å²) in [6.07, 6.45) is 3.09. The van der Waals surface area contributed by atoms with Crippen LogP contribution in [0.4, 0.5) is 5.82 Å². The second kappa shape index (κ2) is 5.52. The summed E-state index contributed by atoms with van der Waals surface area (Å²) in [5.74, 6) is 5.55. The Morgan fingerprint density at radius 1 is 1.60 bits per heavy atom. The van der Waals surface area contributed by atoms with Crippen LogP contribution in [0.15, 0.2) is 17.4 Å². The van der Waals surface area contributed by atoms with E-state index in [1.165, 1.54) is 18.0 Å². The number of carbonyl (C=O) groups excluding carboxylic acids is 1. The second-order valence-electron chi connectivity index (χ2n) is 2.97. The van der Waals surface area contributed by atoms with Crippen LogP contribution in [0.5, 0.6) is 0 Å². The van der Waals surface area contributed by atoms with Crippen molar-refractivity contribution < 1.29 is 4.79 Å². The number of nitrogens with two attached hydrogens (primary N) is 2. The summed E-state index contributed by atoms with van der Waals surface area (Å²) in [5, 5.41) is 0.633. The Kier molecular flexibility index (Phi) is 4.32. The first kappa shape index (κ1) is 11.7. The Hall–Kier alpha value is -1.34. The third-order valence-corrected chi connectivity index (χ3v) is 3.01. The average molecular weight is 227 g/mol. The number of carbonyl (C=O) groups is 1. The number of rotatable bonds is 4. The van der Waals surface area contributed by atoms with Gasteiger partial charge in [0.15, 0.2) is 5.82 Å². The molecule has 7 heteroatoms. The van der Waals surface area contributed by atoms with Crippen LogP contribution in [0.3, 0.4) is 0 Å². The lowest BCUT2D eigenvalue weighted by Crippen LogP contribution is -2.35. The maximum absolute atomic E-state index is 11.1. The van der Waals surface area contributed by atoms with Gasteiger partial charge < -0.3 is 5.73 Å². The van der Waals surface area contributed by atoms with Crippen LogP contribution in [0.2, 0.25) is 0 Å².